The zero-order valence-corrected chi connectivity index (χ0v) is 7.64. The molecule has 1 aliphatic rings. The monoisotopic (exact) mass is 156 g/mol. The van der Waals surface area contributed by atoms with Gasteiger partial charge in [0.05, 0.1) is 0 Å². The summed E-state index contributed by atoms with van der Waals surface area (Å²) in [5, 5.41) is 3.36. The van der Waals surface area contributed by atoms with Crippen LogP contribution in [0.3, 0.4) is 0 Å². The van der Waals surface area contributed by atoms with Gasteiger partial charge >= 0.3 is 0 Å². The maximum Gasteiger partial charge on any atom is 0.0107 e. The van der Waals surface area contributed by atoms with E-state index >= 15 is 0 Å². The van der Waals surface area contributed by atoms with Crippen LogP contribution in [0.4, 0.5) is 0 Å². The SMILES string of the molecule is CNC(CC(C)N)C1CCC1. The first-order chi connectivity index (χ1) is 5.24. The van der Waals surface area contributed by atoms with E-state index in [0.29, 0.717) is 12.1 Å². The summed E-state index contributed by atoms with van der Waals surface area (Å²) in [6.07, 6.45) is 5.35. The highest BCUT2D eigenvalue weighted by Crippen LogP contribution is 2.30. The Kier molecular flexibility index (Phi) is 3.34. The number of hydrogen-bond acceptors (Lipinski definition) is 2. The van der Waals surface area contributed by atoms with E-state index in [9.17, 15) is 0 Å². The van der Waals surface area contributed by atoms with Crippen LogP contribution in [-0.4, -0.2) is 19.1 Å². The molecule has 1 rings (SSSR count). The van der Waals surface area contributed by atoms with Gasteiger partial charge in [-0.3, -0.25) is 0 Å². The lowest BCUT2D eigenvalue weighted by molar-refractivity contribution is 0.221. The Morgan fingerprint density at radius 3 is 2.45 bits per heavy atom. The van der Waals surface area contributed by atoms with Gasteiger partial charge in [-0.05, 0) is 39.2 Å². The van der Waals surface area contributed by atoms with Crippen LogP contribution in [0.2, 0.25) is 0 Å². The normalized spacial score (nSPS) is 24.3. The molecule has 1 saturated carbocycles. The van der Waals surface area contributed by atoms with Crippen molar-refractivity contribution in [1.29, 1.82) is 0 Å². The summed E-state index contributed by atoms with van der Waals surface area (Å²) in [4.78, 5) is 0. The molecular weight excluding hydrogens is 136 g/mol. The lowest BCUT2D eigenvalue weighted by atomic mass is 9.78. The van der Waals surface area contributed by atoms with Gasteiger partial charge in [-0.2, -0.15) is 0 Å². The second kappa shape index (κ2) is 4.07. The summed E-state index contributed by atoms with van der Waals surface area (Å²) in [5.41, 5.74) is 5.75. The fourth-order valence-electron chi connectivity index (χ4n) is 1.79. The molecule has 3 N–H and O–H groups in total. The average Bonchev–Trinajstić information content (AvgIpc) is 1.81. The summed E-state index contributed by atoms with van der Waals surface area (Å²) >= 11 is 0. The number of hydrogen-bond donors (Lipinski definition) is 2. The largest absolute Gasteiger partial charge is 0.328 e. The molecule has 0 radical (unpaired) electrons. The molecule has 2 atom stereocenters. The highest BCUT2D eigenvalue weighted by molar-refractivity contribution is 4.83. The molecule has 0 bridgehead atoms. The molecule has 2 heteroatoms. The quantitative estimate of drug-likeness (QED) is 0.640. The summed E-state index contributed by atoms with van der Waals surface area (Å²) in [5.74, 6) is 0.908. The van der Waals surface area contributed by atoms with Crippen molar-refractivity contribution in [2.75, 3.05) is 7.05 Å². The summed E-state index contributed by atoms with van der Waals surface area (Å²) in [7, 11) is 2.05. The molecule has 0 aromatic rings. The number of rotatable bonds is 4. The summed E-state index contributed by atoms with van der Waals surface area (Å²) in [6.45, 7) is 2.09. The third-order valence-electron chi connectivity index (χ3n) is 2.72. The van der Waals surface area contributed by atoms with Crippen molar-refractivity contribution in [1.82, 2.24) is 5.32 Å². The molecule has 66 valence electrons. The molecule has 1 aliphatic carbocycles. The topological polar surface area (TPSA) is 38.0 Å². The molecule has 0 spiro atoms. The Labute approximate surface area is 69.5 Å². The lowest BCUT2D eigenvalue weighted by Gasteiger charge is -2.34. The van der Waals surface area contributed by atoms with E-state index in [0.717, 1.165) is 12.3 Å². The van der Waals surface area contributed by atoms with Crippen molar-refractivity contribution >= 4 is 0 Å². The molecule has 2 nitrogen and oxygen atoms in total. The van der Waals surface area contributed by atoms with Crippen molar-refractivity contribution in [3.63, 3.8) is 0 Å². The average molecular weight is 156 g/mol. The molecule has 0 amide bonds. The fraction of sp³-hybridized carbons (Fsp3) is 1.00. The predicted molar refractivity (Wildman–Crippen MR) is 48.5 cm³/mol. The van der Waals surface area contributed by atoms with Crippen molar-refractivity contribution in [3.8, 4) is 0 Å². The standard InChI is InChI=1S/C9H20N2/c1-7(10)6-9(11-2)8-4-3-5-8/h7-9,11H,3-6,10H2,1-2H3. The van der Waals surface area contributed by atoms with Crippen LogP contribution >= 0.6 is 0 Å². The Morgan fingerprint density at radius 1 is 1.55 bits per heavy atom. The minimum absolute atomic E-state index is 0.341. The van der Waals surface area contributed by atoms with E-state index in [1.807, 2.05) is 7.05 Å². The Bertz CT molecular complexity index is 108. The van der Waals surface area contributed by atoms with Crippen molar-refractivity contribution in [3.05, 3.63) is 0 Å². The first-order valence-electron chi connectivity index (χ1n) is 4.67. The molecule has 2 unspecified atom stereocenters. The lowest BCUT2D eigenvalue weighted by Crippen LogP contribution is -2.41. The van der Waals surface area contributed by atoms with Crippen molar-refractivity contribution in [2.24, 2.45) is 11.7 Å². The van der Waals surface area contributed by atoms with E-state index in [-0.39, 0.29) is 0 Å². The zero-order chi connectivity index (χ0) is 8.27. The molecule has 0 saturated heterocycles. The minimum atomic E-state index is 0.341. The van der Waals surface area contributed by atoms with Gasteiger partial charge in [0.15, 0.2) is 0 Å². The minimum Gasteiger partial charge on any atom is -0.328 e. The second-order valence-corrected chi connectivity index (χ2v) is 3.80. The van der Waals surface area contributed by atoms with Gasteiger partial charge in [0.2, 0.25) is 0 Å². The molecule has 0 aromatic heterocycles. The zero-order valence-electron chi connectivity index (χ0n) is 7.64. The van der Waals surface area contributed by atoms with Crippen LogP contribution in [0.1, 0.15) is 32.6 Å². The fourth-order valence-corrected chi connectivity index (χ4v) is 1.79. The maximum atomic E-state index is 5.75. The summed E-state index contributed by atoms with van der Waals surface area (Å²) < 4.78 is 0. The van der Waals surface area contributed by atoms with Crippen LogP contribution in [0, 0.1) is 5.92 Å². The molecular formula is C9H20N2. The van der Waals surface area contributed by atoms with E-state index in [2.05, 4.69) is 12.2 Å². The molecule has 0 aromatic carbocycles. The van der Waals surface area contributed by atoms with Crippen LogP contribution in [0.25, 0.3) is 0 Å². The molecule has 0 aliphatic heterocycles. The molecule has 0 heterocycles. The molecule has 1 fully saturated rings. The van der Waals surface area contributed by atoms with E-state index < -0.39 is 0 Å². The van der Waals surface area contributed by atoms with Crippen LogP contribution < -0.4 is 11.1 Å². The van der Waals surface area contributed by atoms with Gasteiger partial charge in [-0.25, -0.2) is 0 Å². The van der Waals surface area contributed by atoms with Gasteiger partial charge in [0.25, 0.3) is 0 Å². The Hall–Kier alpha value is -0.0800. The van der Waals surface area contributed by atoms with Crippen LogP contribution in [-0.2, 0) is 0 Å². The highest BCUT2D eigenvalue weighted by Gasteiger charge is 2.26. The number of nitrogens with one attached hydrogen (secondary N) is 1. The van der Waals surface area contributed by atoms with Gasteiger partial charge in [-0.1, -0.05) is 6.42 Å². The first kappa shape index (κ1) is 9.01. The van der Waals surface area contributed by atoms with E-state index in [4.69, 9.17) is 5.73 Å². The third-order valence-corrected chi connectivity index (χ3v) is 2.72. The van der Waals surface area contributed by atoms with Gasteiger partial charge in [0, 0.05) is 12.1 Å². The van der Waals surface area contributed by atoms with Crippen molar-refractivity contribution < 1.29 is 0 Å². The van der Waals surface area contributed by atoms with Gasteiger partial charge < -0.3 is 11.1 Å². The predicted octanol–water partition coefficient (Wildman–Crippen LogP) is 1.11. The third kappa shape index (κ3) is 2.46. The Balaban J connectivity index is 2.23. The van der Waals surface area contributed by atoms with E-state index in [1.54, 1.807) is 0 Å². The van der Waals surface area contributed by atoms with Crippen LogP contribution in [0.15, 0.2) is 0 Å². The van der Waals surface area contributed by atoms with Gasteiger partial charge in [-0.15, -0.1) is 0 Å². The number of nitrogens with two attached hydrogens (primary N) is 1. The van der Waals surface area contributed by atoms with Crippen molar-refractivity contribution in [2.45, 2.75) is 44.7 Å². The summed E-state index contributed by atoms with van der Waals surface area (Å²) in [6, 6.07) is 1.01. The van der Waals surface area contributed by atoms with Gasteiger partial charge in [0.1, 0.15) is 0 Å². The maximum absolute atomic E-state index is 5.75. The van der Waals surface area contributed by atoms with Crippen LogP contribution in [0.5, 0.6) is 0 Å². The second-order valence-electron chi connectivity index (χ2n) is 3.80. The molecule has 11 heavy (non-hydrogen) atoms. The first-order valence-corrected chi connectivity index (χ1v) is 4.67. The van der Waals surface area contributed by atoms with E-state index in [1.165, 1.54) is 19.3 Å². The Morgan fingerprint density at radius 2 is 2.18 bits per heavy atom. The smallest absolute Gasteiger partial charge is 0.0107 e. The highest BCUT2D eigenvalue weighted by atomic mass is 14.9.